The van der Waals surface area contributed by atoms with Crippen molar-refractivity contribution in [1.82, 2.24) is 4.31 Å². The highest BCUT2D eigenvalue weighted by molar-refractivity contribution is 7.90. The molecule has 0 bridgehead atoms. The summed E-state index contributed by atoms with van der Waals surface area (Å²) in [4.78, 5) is 12.9. The lowest BCUT2D eigenvalue weighted by atomic mass is 9.98. The van der Waals surface area contributed by atoms with Crippen molar-refractivity contribution < 1.29 is 17.9 Å². The molecule has 0 aromatic heterocycles. The van der Waals surface area contributed by atoms with Crippen molar-refractivity contribution in [2.24, 2.45) is 5.92 Å². The second-order valence-electron chi connectivity index (χ2n) is 8.08. The van der Waals surface area contributed by atoms with Crippen molar-refractivity contribution in [3.63, 3.8) is 0 Å². The van der Waals surface area contributed by atoms with Crippen molar-refractivity contribution in [2.45, 2.75) is 40.5 Å². The molecule has 0 radical (unpaired) electrons. The number of hydrogen-bond acceptors (Lipinski definition) is 4. The lowest BCUT2D eigenvalue weighted by molar-refractivity contribution is -0.120. The highest BCUT2D eigenvalue weighted by Gasteiger charge is 2.35. The number of carbonyl (C=O) groups excluding carboxylic acids is 1. The predicted molar refractivity (Wildman–Crippen MR) is 128 cm³/mol. The van der Waals surface area contributed by atoms with Crippen molar-refractivity contribution >= 4 is 27.5 Å². The summed E-state index contributed by atoms with van der Waals surface area (Å²) in [6.07, 6.45) is 1.31. The molecule has 2 aromatic rings. The van der Waals surface area contributed by atoms with E-state index in [1.807, 2.05) is 45.9 Å². The first-order valence-electron chi connectivity index (χ1n) is 11.1. The van der Waals surface area contributed by atoms with Crippen molar-refractivity contribution in [2.75, 3.05) is 35.9 Å². The number of piperidine rings is 1. The Bertz CT molecular complexity index is 1040. The van der Waals surface area contributed by atoms with E-state index in [0.29, 0.717) is 44.0 Å². The fraction of sp³-hybridized carbons (Fsp3) is 0.458. The van der Waals surface area contributed by atoms with Gasteiger partial charge in [0.1, 0.15) is 5.75 Å². The van der Waals surface area contributed by atoms with Gasteiger partial charge in [0.25, 0.3) is 0 Å². The van der Waals surface area contributed by atoms with Gasteiger partial charge in [0.15, 0.2) is 0 Å². The quantitative estimate of drug-likeness (QED) is 0.644. The van der Waals surface area contributed by atoms with Gasteiger partial charge in [-0.05, 0) is 88.1 Å². The van der Waals surface area contributed by atoms with E-state index in [0.717, 1.165) is 16.8 Å². The molecule has 1 atom stereocenters. The Balaban J connectivity index is 1.72. The molecule has 32 heavy (non-hydrogen) atoms. The molecule has 0 saturated carbocycles. The maximum absolute atomic E-state index is 13.4. The fourth-order valence-corrected chi connectivity index (χ4v) is 5.64. The number of aryl methyl sites for hydroxylation is 2. The minimum Gasteiger partial charge on any atom is -0.494 e. The second kappa shape index (κ2) is 10.4. The number of amides is 1. The molecule has 1 aliphatic heterocycles. The Morgan fingerprint density at radius 3 is 2.47 bits per heavy atom. The van der Waals surface area contributed by atoms with E-state index >= 15 is 0 Å². The third-order valence-electron chi connectivity index (χ3n) is 5.86. The molecule has 174 valence electrons. The first-order chi connectivity index (χ1) is 15.3. The number of anilines is 2. The largest absolute Gasteiger partial charge is 0.494 e. The van der Waals surface area contributed by atoms with Crippen LogP contribution in [0.15, 0.2) is 42.5 Å². The molecule has 1 fully saturated rings. The molecular weight excluding hydrogens is 426 g/mol. The molecule has 0 unspecified atom stereocenters. The topological polar surface area (TPSA) is 79.0 Å². The highest BCUT2D eigenvalue weighted by atomic mass is 32.2. The summed E-state index contributed by atoms with van der Waals surface area (Å²) in [5.41, 5.74) is 3.58. The van der Waals surface area contributed by atoms with Crippen LogP contribution in [0.25, 0.3) is 0 Å². The molecule has 8 heteroatoms. The monoisotopic (exact) mass is 459 g/mol. The van der Waals surface area contributed by atoms with E-state index in [9.17, 15) is 13.2 Å². The zero-order valence-electron chi connectivity index (χ0n) is 19.3. The lowest BCUT2D eigenvalue weighted by Crippen LogP contribution is -2.50. The molecular formula is C24H33N3O4S. The molecule has 1 amide bonds. The van der Waals surface area contributed by atoms with E-state index < -0.39 is 10.2 Å². The summed E-state index contributed by atoms with van der Waals surface area (Å²) in [5.74, 6) is 0.169. The molecule has 0 spiro atoms. The smallest absolute Gasteiger partial charge is 0.304 e. The van der Waals surface area contributed by atoms with Gasteiger partial charge in [-0.1, -0.05) is 6.07 Å². The molecule has 0 aliphatic carbocycles. The number of rotatable bonds is 8. The first-order valence-corrected chi connectivity index (χ1v) is 12.5. The fourth-order valence-electron chi connectivity index (χ4n) is 3.92. The Hall–Kier alpha value is -2.58. The van der Waals surface area contributed by atoms with Gasteiger partial charge in [-0.15, -0.1) is 0 Å². The summed E-state index contributed by atoms with van der Waals surface area (Å²) in [6.45, 7) is 9.16. The van der Waals surface area contributed by atoms with Crippen LogP contribution in [0.4, 0.5) is 11.4 Å². The summed E-state index contributed by atoms with van der Waals surface area (Å²) in [5, 5.41) is 2.96. The van der Waals surface area contributed by atoms with Crippen LogP contribution in [-0.2, 0) is 15.0 Å². The Morgan fingerprint density at radius 2 is 1.84 bits per heavy atom. The minimum atomic E-state index is -3.76. The van der Waals surface area contributed by atoms with Crippen molar-refractivity contribution in [3.8, 4) is 5.75 Å². The first kappa shape index (κ1) is 24.1. The van der Waals surface area contributed by atoms with Crippen LogP contribution in [0, 0.1) is 19.8 Å². The van der Waals surface area contributed by atoms with E-state index in [1.165, 1.54) is 8.61 Å². The van der Waals surface area contributed by atoms with E-state index in [-0.39, 0.29) is 18.4 Å². The van der Waals surface area contributed by atoms with Gasteiger partial charge in [-0.3, -0.25) is 9.10 Å². The van der Waals surface area contributed by atoms with Crippen LogP contribution in [0.1, 0.15) is 37.8 Å². The average molecular weight is 460 g/mol. The van der Waals surface area contributed by atoms with Crippen LogP contribution < -0.4 is 14.4 Å². The maximum atomic E-state index is 13.4. The third-order valence-corrected chi connectivity index (χ3v) is 7.87. The molecule has 1 N–H and O–H groups in total. The molecule has 1 heterocycles. The van der Waals surface area contributed by atoms with Gasteiger partial charge in [0, 0.05) is 25.3 Å². The molecule has 7 nitrogen and oxygen atoms in total. The van der Waals surface area contributed by atoms with E-state index in [4.69, 9.17) is 4.74 Å². The van der Waals surface area contributed by atoms with Gasteiger partial charge in [-0.25, -0.2) is 0 Å². The molecule has 2 aromatic carbocycles. The zero-order chi connectivity index (χ0) is 23.3. The summed E-state index contributed by atoms with van der Waals surface area (Å²) < 4.78 is 35.1. The lowest BCUT2D eigenvalue weighted by Gasteiger charge is -2.35. The highest BCUT2D eigenvalue weighted by Crippen LogP contribution is 2.27. The number of benzene rings is 2. The van der Waals surface area contributed by atoms with Crippen LogP contribution in [-0.4, -0.2) is 44.9 Å². The van der Waals surface area contributed by atoms with Crippen LogP contribution in [0.5, 0.6) is 5.75 Å². The molecule has 1 aliphatic rings. The number of carbonyl (C=O) groups is 1. The number of ether oxygens (including phenoxy) is 1. The van der Waals surface area contributed by atoms with Crippen LogP contribution in [0.2, 0.25) is 0 Å². The van der Waals surface area contributed by atoms with Crippen LogP contribution >= 0.6 is 0 Å². The van der Waals surface area contributed by atoms with Crippen LogP contribution in [0.3, 0.4) is 0 Å². The Morgan fingerprint density at radius 1 is 1.12 bits per heavy atom. The Kier molecular flexibility index (Phi) is 7.79. The minimum absolute atomic E-state index is 0.141. The summed E-state index contributed by atoms with van der Waals surface area (Å²) in [6, 6.07) is 12.8. The number of hydrogen-bond donors (Lipinski definition) is 1. The van der Waals surface area contributed by atoms with Gasteiger partial charge in [0.05, 0.1) is 18.2 Å². The van der Waals surface area contributed by atoms with Gasteiger partial charge < -0.3 is 10.1 Å². The summed E-state index contributed by atoms with van der Waals surface area (Å²) in [7, 11) is -3.76. The van der Waals surface area contributed by atoms with Gasteiger partial charge in [-0.2, -0.15) is 12.7 Å². The number of nitrogens with one attached hydrogen (secondary N) is 1. The molecule has 3 rings (SSSR count). The normalized spacial score (nSPS) is 17.1. The second-order valence-corrected chi connectivity index (χ2v) is 9.94. The SMILES string of the molecule is CCOc1ccc(N(CC)S(=O)(=O)N2CCC[C@H](C(=O)Nc3ccc(C)c(C)c3)C2)cc1. The van der Waals surface area contributed by atoms with E-state index in [1.54, 1.807) is 24.3 Å². The standard InChI is InChI=1S/C24H33N3O4S/c1-5-27(22-11-13-23(14-12-22)31-6-2)32(29,30)26-15-7-8-20(17-26)24(28)25-21-10-9-18(3)19(4)16-21/h9-14,16,20H,5-8,15,17H2,1-4H3,(H,25,28)/t20-/m0/s1. The maximum Gasteiger partial charge on any atom is 0.304 e. The van der Waals surface area contributed by atoms with Gasteiger partial charge in [0.2, 0.25) is 5.91 Å². The van der Waals surface area contributed by atoms with Crippen molar-refractivity contribution in [3.05, 3.63) is 53.6 Å². The van der Waals surface area contributed by atoms with Gasteiger partial charge >= 0.3 is 10.2 Å². The van der Waals surface area contributed by atoms with Crippen molar-refractivity contribution in [1.29, 1.82) is 0 Å². The summed E-state index contributed by atoms with van der Waals surface area (Å²) >= 11 is 0. The third kappa shape index (κ3) is 5.42. The number of nitrogens with zero attached hydrogens (tertiary/aromatic N) is 2. The Labute approximate surface area is 191 Å². The zero-order valence-corrected chi connectivity index (χ0v) is 20.1. The molecule has 1 saturated heterocycles. The predicted octanol–water partition coefficient (Wildman–Crippen LogP) is 4.12. The van der Waals surface area contributed by atoms with E-state index in [2.05, 4.69) is 5.32 Å². The average Bonchev–Trinajstić information content (AvgIpc) is 2.78.